The Kier molecular flexibility index (Phi) is 5.49. The fourth-order valence-electron chi connectivity index (χ4n) is 3.13. The van der Waals surface area contributed by atoms with Crippen LogP contribution in [0.5, 0.6) is 0 Å². The van der Waals surface area contributed by atoms with E-state index < -0.39 is 0 Å². The molecule has 4 nitrogen and oxygen atoms in total. The molecule has 0 spiro atoms. The Morgan fingerprint density at radius 1 is 1.38 bits per heavy atom. The first-order chi connectivity index (χ1) is 9.94. The lowest BCUT2D eigenvalue weighted by molar-refractivity contribution is 0.0732. The third-order valence-electron chi connectivity index (χ3n) is 4.94. The lowest BCUT2D eigenvalue weighted by Crippen LogP contribution is -2.62. The highest BCUT2D eigenvalue weighted by molar-refractivity contribution is 9.10. The maximum atomic E-state index is 4.63. The number of aryl methyl sites for hydroxylation is 2. The number of rotatable bonds is 5. The fraction of sp³-hybridized carbons (Fsp3) is 0.812. The van der Waals surface area contributed by atoms with Gasteiger partial charge in [0.15, 0.2) is 0 Å². The van der Waals surface area contributed by atoms with Crippen molar-refractivity contribution in [2.45, 2.75) is 65.1 Å². The zero-order valence-electron chi connectivity index (χ0n) is 14.0. The standard InChI is InChI=1S/C16H29BrN4/c1-6-12-9-18-16(4,8-3)11-21(12)10-14-15(17)13(7-2)19-20(14)5/h12,18H,6-11H2,1-5H3. The fourth-order valence-corrected chi connectivity index (χ4v) is 3.88. The van der Waals surface area contributed by atoms with Gasteiger partial charge in [0, 0.05) is 38.3 Å². The van der Waals surface area contributed by atoms with Gasteiger partial charge < -0.3 is 5.32 Å². The first-order valence-corrected chi connectivity index (χ1v) is 8.92. The van der Waals surface area contributed by atoms with Crippen LogP contribution in [0.15, 0.2) is 4.47 Å². The van der Waals surface area contributed by atoms with Crippen LogP contribution in [0.3, 0.4) is 0 Å². The summed E-state index contributed by atoms with van der Waals surface area (Å²) in [4.78, 5) is 2.63. The van der Waals surface area contributed by atoms with E-state index in [0.29, 0.717) is 6.04 Å². The smallest absolute Gasteiger partial charge is 0.0767 e. The van der Waals surface area contributed by atoms with E-state index in [9.17, 15) is 0 Å². The van der Waals surface area contributed by atoms with E-state index >= 15 is 0 Å². The van der Waals surface area contributed by atoms with Crippen molar-refractivity contribution in [3.8, 4) is 0 Å². The number of nitrogens with one attached hydrogen (secondary N) is 1. The number of halogens is 1. The molecule has 0 radical (unpaired) electrons. The van der Waals surface area contributed by atoms with E-state index in [2.05, 4.69) is 66.0 Å². The number of aromatic nitrogens is 2. The Bertz CT molecular complexity index is 485. The van der Waals surface area contributed by atoms with Crippen LogP contribution in [-0.2, 0) is 20.0 Å². The monoisotopic (exact) mass is 356 g/mol. The first kappa shape index (κ1) is 17.0. The van der Waals surface area contributed by atoms with Crippen LogP contribution in [0.1, 0.15) is 51.9 Å². The summed E-state index contributed by atoms with van der Waals surface area (Å²) in [6.45, 7) is 12.2. The molecule has 2 atom stereocenters. The molecule has 0 amide bonds. The molecule has 1 aromatic heterocycles. The summed E-state index contributed by atoms with van der Waals surface area (Å²) in [5.41, 5.74) is 2.68. The quantitative estimate of drug-likeness (QED) is 0.879. The van der Waals surface area contributed by atoms with E-state index in [1.807, 2.05) is 4.68 Å². The van der Waals surface area contributed by atoms with Crippen molar-refractivity contribution in [3.63, 3.8) is 0 Å². The highest BCUT2D eigenvalue weighted by Gasteiger charge is 2.34. The Labute approximate surface area is 137 Å². The molecule has 0 bridgehead atoms. The molecule has 1 N–H and O–H groups in total. The molecule has 120 valence electrons. The van der Waals surface area contributed by atoms with Crippen LogP contribution >= 0.6 is 15.9 Å². The van der Waals surface area contributed by atoms with Crippen LogP contribution in [0, 0.1) is 0 Å². The lowest BCUT2D eigenvalue weighted by atomic mass is 9.92. The summed E-state index contributed by atoms with van der Waals surface area (Å²) in [5.74, 6) is 0. The van der Waals surface area contributed by atoms with E-state index in [0.717, 1.165) is 38.2 Å². The van der Waals surface area contributed by atoms with Crippen LogP contribution in [0.2, 0.25) is 0 Å². The van der Waals surface area contributed by atoms with Crippen molar-refractivity contribution in [1.82, 2.24) is 20.0 Å². The summed E-state index contributed by atoms with van der Waals surface area (Å²) in [6, 6.07) is 0.608. The summed E-state index contributed by atoms with van der Waals surface area (Å²) >= 11 is 3.75. The summed E-state index contributed by atoms with van der Waals surface area (Å²) in [7, 11) is 2.06. The van der Waals surface area contributed by atoms with Crippen molar-refractivity contribution < 1.29 is 0 Å². The molecule has 5 heteroatoms. The summed E-state index contributed by atoms with van der Waals surface area (Å²) < 4.78 is 3.24. The van der Waals surface area contributed by atoms with Crippen LogP contribution < -0.4 is 5.32 Å². The number of nitrogens with zero attached hydrogens (tertiary/aromatic N) is 3. The molecule has 2 rings (SSSR count). The first-order valence-electron chi connectivity index (χ1n) is 8.13. The molecule has 1 saturated heterocycles. The molecule has 0 aliphatic carbocycles. The average molecular weight is 357 g/mol. The normalized spacial score (nSPS) is 27.2. The van der Waals surface area contributed by atoms with Crippen molar-refractivity contribution in [2.75, 3.05) is 13.1 Å². The summed E-state index contributed by atoms with van der Waals surface area (Å²) in [5, 5.41) is 8.36. The molecule has 2 unspecified atom stereocenters. The minimum atomic E-state index is 0.227. The second-order valence-corrected chi connectivity index (χ2v) is 7.24. The SMILES string of the molecule is CCc1nn(C)c(CN2CC(C)(CC)NCC2CC)c1Br. The topological polar surface area (TPSA) is 33.1 Å². The van der Waals surface area contributed by atoms with Crippen molar-refractivity contribution in [1.29, 1.82) is 0 Å². The molecule has 21 heavy (non-hydrogen) atoms. The zero-order valence-corrected chi connectivity index (χ0v) is 15.6. The third-order valence-corrected chi connectivity index (χ3v) is 5.86. The molecule has 1 aliphatic heterocycles. The van der Waals surface area contributed by atoms with Crippen molar-refractivity contribution in [2.24, 2.45) is 7.05 Å². The Hall–Kier alpha value is -0.390. The maximum absolute atomic E-state index is 4.63. The Morgan fingerprint density at radius 3 is 2.62 bits per heavy atom. The average Bonchev–Trinajstić information content (AvgIpc) is 2.75. The van der Waals surface area contributed by atoms with Gasteiger partial charge in [0.25, 0.3) is 0 Å². The van der Waals surface area contributed by atoms with Gasteiger partial charge in [-0.15, -0.1) is 0 Å². The van der Waals surface area contributed by atoms with E-state index in [-0.39, 0.29) is 5.54 Å². The predicted molar refractivity (Wildman–Crippen MR) is 91.5 cm³/mol. The van der Waals surface area contributed by atoms with E-state index in [1.165, 1.54) is 16.6 Å². The van der Waals surface area contributed by atoms with Gasteiger partial charge in [0.2, 0.25) is 0 Å². The zero-order chi connectivity index (χ0) is 15.6. The minimum Gasteiger partial charge on any atom is -0.309 e. The molecular formula is C16H29BrN4. The van der Waals surface area contributed by atoms with Crippen LogP contribution in [0.25, 0.3) is 0 Å². The lowest BCUT2D eigenvalue weighted by Gasteiger charge is -2.46. The van der Waals surface area contributed by atoms with Crippen molar-refractivity contribution >= 4 is 15.9 Å². The molecule has 2 heterocycles. The molecule has 1 aliphatic rings. The van der Waals surface area contributed by atoms with Gasteiger partial charge in [0.05, 0.1) is 15.9 Å². The predicted octanol–water partition coefficient (Wildman–Crippen LogP) is 3.10. The number of hydrogen-bond acceptors (Lipinski definition) is 3. The van der Waals surface area contributed by atoms with Gasteiger partial charge >= 0.3 is 0 Å². The van der Waals surface area contributed by atoms with Crippen LogP contribution in [0.4, 0.5) is 0 Å². The van der Waals surface area contributed by atoms with Gasteiger partial charge in [-0.05, 0) is 42.1 Å². The highest BCUT2D eigenvalue weighted by Crippen LogP contribution is 2.27. The second-order valence-electron chi connectivity index (χ2n) is 6.45. The Morgan fingerprint density at radius 2 is 2.10 bits per heavy atom. The van der Waals surface area contributed by atoms with E-state index in [1.54, 1.807) is 0 Å². The molecule has 0 saturated carbocycles. The molecule has 1 aromatic rings. The van der Waals surface area contributed by atoms with Gasteiger partial charge in [-0.3, -0.25) is 9.58 Å². The summed E-state index contributed by atoms with van der Waals surface area (Å²) in [6.07, 6.45) is 3.31. The highest BCUT2D eigenvalue weighted by atomic mass is 79.9. The van der Waals surface area contributed by atoms with Crippen LogP contribution in [-0.4, -0.2) is 39.4 Å². The van der Waals surface area contributed by atoms with Gasteiger partial charge in [-0.25, -0.2) is 0 Å². The molecular weight excluding hydrogens is 328 g/mol. The number of hydrogen-bond donors (Lipinski definition) is 1. The largest absolute Gasteiger partial charge is 0.309 e. The van der Waals surface area contributed by atoms with Gasteiger partial charge in [-0.2, -0.15) is 5.10 Å². The van der Waals surface area contributed by atoms with E-state index in [4.69, 9.17) is 0 Å². The minimum absolute atomic E-state index is 0.227. The second kappa shape index (κ2) is 6.80. The maximum Gasteiger partial charge on any atom is 0.0767 e. The van der Waals surface area contributed by atoms with Crippen molar-refractivity contribution in [3.05, 3.63) is 15.9 Å². The number of piperazine rings is 1. The van der Waals surface area contributed by atoms with Gasteiger partial charge in [-0.1, -0.05) is 20.8 Å². The van der Waals surface area contributed by atoms with Gasteiger partial charge in [0.1, 0.15) is 0 Å². The third kappa shape index (κ3) is 3.51. The Balaban J connectivity index is 2.21. The molecule has 0 aromatic carbocycles. The molecule has 1 fully saturated rings.